The van der Waals surface area contributed by atoms with Crippen molar-refractivity contribution < 1.29 is 9.90 Å². The lowest BCUT2D eigenvalue weighted by Crippen LogP contribution is -2.52. The highest BCUT2D eigenvalue weighted by Gasteiger charge is 2.20. The van der Waals surface area contributed by atoms with E-state index in [1.54, 1.807) is 6.20 Å². The van der Waals surface area contributed by atoms with Crippen LogP contribution in [0.25, 0.3) is 0 Å². The highest BCUT2D eigenvalue weighted by atomic mass is 16.2. The van der Waals surface area contributed by atoms with Gasteiger partial charge in [-0.3, -0.25) is 4.98 Å². The number of nitrogens with one attached hydrogen (secondary N) is 1. The SMILES string of the molecule is O=C(NCCCCCO)N1CCN(c2cccnc2)CC1. The molecule has 2 amide bonds. The van der Waals surface area contributed by atoms with Crippen LogP contribution in [0.4, 0.5) is 10.5 Å². The van der Waals surface area contributed by atoms with Gasteiger partial charge in [-0.25, -0.2) is 4.79 Å². The monoisotopic (exact) mass is 292 g/mol. The minimum Gasteiger partial charge on any atom is -0.396 e. The Morgan fingerprint density at radius 2 is 2.05 bits per heavy atom. The summed E-state index contributed by atoms with van der Waals surface area (Å²) in [5.41, 5.74) is 1.11. The van der Waals surface area contributed by atoms with E-state index in [2.05, 4.69) is 15.2 Å². The zero-order valence-electron chi connectivity index (χ0n) is 12.4. The average molecular weight is 292 g/mol. The first-order valence-electron chi connectivity index (χ1n) is 7.60. The Morgan fingerprint density at radius 3 is 2.71 bits per heavy atom. The molecule has 1 aliphatic heterocycles. The van der Waals surface area contributed by atoms with Crippen LogP contribution >= 0.6 is 0 Å². The molecule has 21 heavy (non-hydrogen) atoms. The van der Waals surface area contributed by atoms with Crippen LogP contribution in [-0.2, 0) is 0 Å². The van der Waals surface area contributed by atoms with Crippen LogP contribution in [0.1, 0.15) is 19.3 Å². The third kappa shape index (κ3) is 4.90. The molecule has 0 aliphatic carbocycles. The van der Waals surface area contributed by atoms with Crippen LogP contribution < -0.4 is 10.2 Å². The van der Waals surface area contributed by atoms with Crippen LogP contribution in [-0.4, -0.2) is 60.4 Å². The molecule has 1 aromatic rings. The van der Waals surface area contributed by atoms with Gasteiger partial charge < -0.3 is 20.2 Å². The summed E-state index contributed by atoms with van der Waals surface area (Å²) in [7, 11) is 0. The van der Waals surface area contributed by atoms with Gasteiger partial charge in [0.1, 0.15) is 0 Å². The van der Waals surface area contributed by atoms with Crippen molar-refractivity contribution in [1.29, 1.82) is 0 Å². The Balaban J connectivity index is 1.67. The number of aliphatic hydroxyl groups is 1. The Kier molecular flexibility index (Phi) is 6.27. The molecule has 6 nitrogen and oxygen atoms in total. The van der Waals surface area contributed by atoms with Crippen LogP contribution in [0, 0.1) is 0 Å². The van der Waals surface area contributed by atoms with Gasteiger partial charge in [-0.2, -0.15) is 0 Å². The Morgan fingerprint density at radius 1 is 1.24 bits per heavy atom. The lowest BCUT2D eigenvalue weighted by Gasteiger charge is -2.35. The van der Waals surface area contributed by atoms with Gasteiger partial charge in [0.25, 0.3) is 0 Å². The van der Waals surface area contributed by atoms with Crippen molar-refractivity contribution in [3.05, 3.63) is 24.5 Å². The maximum Gasteiger partial charge on any atom is 0.317 e. The molecule has 2 heterocycles. The van der Waals surface area contributed by atoms with Crippen LogP contribution in [0.3, 0.4) is 0 Å². The van der Waals surface area contributed by atoms with Gasteiger partial charge in [0.15, 0.2) is 0 Å². The number of pyridine rings is 1. The van der Waals surface area contributed by atoms with Gasteiger partial charge in [-0.1, -0.05) is 0 Å². The number of hydrogen-bond acceptors (Lipinski definition) is 4. The molecule has 1 saturated heterocycles. The Hall–Kier alpha value is -1.82. The zero-order valence-corrected chi connectivity index (χ0v) is 12.4. The van der Waals surface area contributed by atoms with E-state index in [0.29, 0.717) is 6.54 Å². The standard InChI is InChI=1S/C15H24N4O2/c20-12-3-1-2-7-17-15(21)19-10-8-18(9-11-19)14-5-4-6-16-13-14/h4-6,13,20H,1-3,7-12H2,(H,17,21). The molecule has 0 radical (unpaired) electrons. The van der Waals surface area contributed by atoms with E-state index in [1.807, 2.05) is 23.2 Å². The first kappa shape index (κ1) is 15.6. The van der Waals surface area contributed by atoms with E-state index in [0.717, 1.165) is 51.1 Å². The van der Waals surface area contributed by atoms with Crippen molar-refractivity contribution in [2.45, 2.75) is 19.3 Å². The van der Waals surface area contributed by atoms with Crippen LogP contribution in [0.5, 0.6) is 0 Å². The van der Waals surface area contributed by atoms with Gasteiger partial charge in [0.2, 0.25) is 0 Å². The number of amides is 2. The number of aromatic nitrogens is 1. The fourth-order valence-corrected chi connectivity index (χ4v) is 2.43. The summed E-state index contributed by atoms with van der Waals surface area (Å²) in [6.07, 6.45) is 6.30. The highest BCUT2D eigenvalue weighted by molar-refractivity contribution is 5.74. The molecule has 0 aromatic carbocycles. The Labute approximate surface area is 125 Å². The minimum absolute atomic E-state index is 0.0184. The number of aliphatic hydroxyl groups excluding tert-OH is 1. The molecule has 2 rings (SSSR count). The van der Waals surface area contributed by atoms with Gasteiger partial charge in [0.05, 0.1) is 11.9 Å². The summed E-state index contributed by atoms with van der Waals surface area (Å²) in [4.78, 5) is 20.2. The summed E-state index contributed by atoms with van der Waals surface area (Å²) in [6, 6.07) is 4.00. The predicted octanol–water partition coefficient (Wildman–Crippen LogP) is 1.08. The van der Waals surface area contributed by atoms with Crippen molar-refractivity contribution >= 4 is 11.7 Å². The second kappa shape index (κ2) is 8.46. The molecule has 1 aromatic heterocycles. The molecule has 0 atom stereocenters. The number of nitrogens with zero attached hydrogens (tertiary/aromatic N) is 3. The number of carbonyl (C=O) groups excluding carboxylic acids is 1. The quantitative estimate of drug-likeness (QED) is 0.770. The number of anilines is 1. The smallest absolute Gasteiger partial charge is 0.317 e. The number of carbonyl (C=O) groups is 1. The third-order valence-corrected chi connectivity index (χ3v) is 3.69. The van der Waals surface area contributed by atoms with Crippen molar-refractivity contribution in [1.82, 2.24) is 15.2 Å². The van der Waals surface area contributed by atoms with Gasteiger partial charge in [0, 0.05) is 45.5 Å². The number of urea groups is 1. The molecule has 1 fully saturated rings. The number of hydrogen-bond donors (Lipinski definition) is 2. The van der Waals surface area contributed by atoms with E-state index in [9.17, 15) is 4.79 Å². The van der Waals surface area contributed by atoms with Gasteiger partial charge in [-0.05, 0) is 31.4 Å². The Bertz CT molecular complexity index is 419. The first-order valence-corrected chi connectivity index (χ1v) is 7.60. The normalized spacial score (nSPS) is 15.1. The van der Waals surface area contributed by atoms with Gasteiger partial charge >= 0.3 is 6.03 Å². The molecule has 0 spiro atoms. The number of piperazine rings is 1. The molecule has 0 bridgehead atoms. The summed E-state index contributed by atoms with van der Waals surface area (Å²) in [6.45, 7) is 4.05. The van der Waals surface area contributed by atoms with Crippen molar-refractivity contribution in [3.8, 4) is 0 Å². The maximum atomic E-state index is 12.0. The summed E-state index contributed by atoms with van der Waals surface area (Å²) in [5.74, 6) is 0. The molecule has 1 aliphatic rings. The summed E-state index contributed by atoms with van der Waals surface area (Å²) >= 11 is 0. The second-order valence-corrected chi connectivity index (χ2v) is 5.20. The fourth-order valence-electron chi connectivity index (χ4n) is 2.43. The topological polar surface area (TPSA) is 68.7 Å². The minimum atomic E-state index is 0.0184. The average Bonchev–Trinajstić information content (AvgIpc) is 2.55. The first-order chi connectivity index (χ1) is 10.3. The molecule has 0 saturated carbocycles. The molecule has 2 N–H and O–H groups in total. The number of rotatable bonds is 6. The van der Waals surface area contributed by atoms with Gasteiger partial charge in [-0.15, -0.1) is 0 Å². The molecular weight excluding hydrogens is 268 g/mol. The van der Waals surface area contributed by atoms with E-state index in [1.165, 1.54) is 0 Å². The lowest BCUT2D eigenvalue weighted by molar-refractivity contribution is 0.194. The predicted molar refractivity (Wildman–Crippen MR) is 82.4 cm³/mol. The van der Waals surface area contributed by atoms with Crippen molar-refractivity contribution in [2.75, 3.05) is 44.2 Å². The zero-order chi connectivity index (χ0) is 14.9. The number of unbranched alkanes of at least 4 members (excludes halogenated alkanes) is 2. The van der Waals surface area contributed by atoms with Crippen LogP contribution in [0.15, 0.2) is 24.5 Å². The van der Waals surface area contributed by atoms with E-state index >= 15 is 0 Å². The second-order valence-electron chi connectivity index (χ2n) is 5.20. The largest absolute Gasteiger partial charge is 0.396 e. The lowest BCUT2D eigenvalue weighted by atomic mass is 10.2. The highest BCUT2D eigenvalue weighted by Crippen LogP contribution is 2.14. The summed E-state index contributed by atoms with van der Waals surface area (Å²) < 4.78 is 0. The van der Waals surface area contributed by atoms with E-state index < -0.39 is 0 Å². The third-order valence-electron chi connectivity index (χ3n) is 3.69. The molecule has 116 valence electrons. The molecule has 0 unspecified atom stereocenters. The van der Waals surface area contributed by atoms with Crippen molar-refractivity contribution in [2.24, 2.45) is 0 Å². The molecule has 6 heteroatoms. The van der Waals surface area contributed by atoms with Crippen molar-refractivity contribution in [3.63, 3.8) is 0 Å². The van der Waals surface area contributed by atoms with E-state index in [-0.39, 0.29) is 12.6 Å². The summed E-state index contributed by atoms with van der Waals surface area (Å²) in [5, 5.41) is 11.6. The maximum absolute atomic E-state index is 12.0. The van der Waals surface area contributed by atoms with E-state index in [4.69, 9.17) is 5.11 Å². The van der Waals surface area contributed by atoms with Crippen LogP contribution in [0.2, 0.25) is 0 Å². The molecular formula is C15H24N4O2. The fraction of sp³-hybridized carbons (Fsp3) is 0.600.